The molecule has 2 aromatic rings. The van der Waals surface area contributed by atoms with Gasteiger partial charge in [-0.2, -0.15) is 4.98 Å². The van der Waals surface area contributed by atoms with Crippen LogP contribution >= 0.6 is 0 Å². The van der Waals surface area contributed by atoms with E-state index in [0.717, 1.165) is 5.39 Å². The number of anilines is 1. The lowest BCUT2D eigenvalue weighted by Gasteiger charge is -2.17. The van der Waals surface area contributed by atoms with Gasteiger partial charge in [-0.25, -0.2) is 4.98 Å². The minimum absolute atomic E-state index is 0.110. The summed E-state index contributed by atoms with van der Waals surface area (Å²) in [5, 5.41) is 29.5. The fourth-order valence-electron chi connectivity index (χ4n) is 2.27. The average Bonchev–Trinajstić information content (AvgIpc) is 2.92. The van der Waals surface area contributed by atoms with Crippen LogP contribution in [0.1, 0.15) is 6.23 Å². The zero-order valence-electron chi connectivity index (χ0n) is 9.92. The Hall–Kier alpha value is -1.74. The summed E-state index contributed by atoms with van der Waals surface area (Å²) in [4.78, 5) is 7.96. The van der Waals surface area contributed by atoms with E-state index in [-0.39, 0.29) is 12.6 Å². The highest BCUT2D eigenvalue weighted by atomic mass is 16.6. The lowest BCUT2D eigenvalue weighted by molar-refractivity contribution is -0.0508. The van der Waals surface area contributed by atoms with Crippen molar-refractivity contribution in [3.05, 3.63) is 18.5 Å². The van der Waals surface area contributed by atoms with Crippen LogP contribution in [0.3, 0.4) is 0 Å². The van der Waals surface area contributed by atoms with Crippen molar-refractivity contribution in [3.8, 4) is 0 Å². The first kappa shape index (κ1) is 12.3. The lowest BCUT2D eigenvalue weighted by Crippen LogP contribution is -2.33. The van der Waals surface area contributed by atoms with Crippen molar-refractivity contribution < 1.29 is 20.1 Å². The van der Waals surface area contributed by atoms with E-state index in [0.29, 0.717) is 5.65 Å². The molecule has 5 N–H and O–H groups in total. The molecule has 1 saturated heterocycles. The zero-order chi connectivity index (χ0) is 13.6. The van der Waals surface area contributed by atoms with Crippen LogP contribution in [0, 0.1) is 0 Å². The molecule has 8 heteroatoms. The smallest absolute Gasteiger partial charge is 0.221 e. The normalized spacial score (nSPS) is 31.1. The third-order valence-electron chi connectivity index (χ3n) is 3.27. The van der Waals surface area contributed by atoms with Crippen molar-refractivity contribution in [1.29, 1.82) is 0 Å². The Balaban J connectivity index is 2.03. The number of nitrogen functional groups attached to an aromatic ring is 1. The van der Waals surface area contributed by atoms with Gasteiger partial charge in [0.1, 0.15) is 24.0 Å². The fraction of sp³-hybridized carbons (Fsp3) is 0.455. The second-order valence-electron chi connectivity index (χ2n) is 4.46. The Morgan fingerprint density at radius 2 is 2.16 bits per heavy atom. The zero-order valence-corrected chi connectivity index (χ0v) is 9.92. The predicted molar refractivity (Wildman–Crippen MR) is 64.9 cm³/mol. The van der Waals surface area contributed by atoms with Gasteiger partial charge in [0.25, 0.3) is 0 Å². The standard InChI is InChI=1S/C11H14N4O4/c12-11-13-3-5-1-2-15(9(5)14-11)10-8(18)7(17)6(4-16)19-10/h1-3,6-8,10,16-18H,4H2,(H2,12,13,14)/t6-,7-,8-,10-/m1/s1. The molecule has 2 aromatic heterocycles. The maximum atomic E-state index is 9.98. The molecule has 8 nitrogen and oxygen atoms in total. The molecule has 0 aromatic carbocycles. The molecule has 102 valence electrons. The van der Waals surface area contributed by atoms with Crippen LogP contribution in [-0.4, -0.2) is 54.8 Å². The van der Waals surface area contributed by atoms with Gasteiger partial charge in [0.15, 0.2) is 6.23 Å². The SMILES string of the molecule is Nc1ncc2ccn([C@@H]3O[C@H](CO)[C@@H](O)[C@H]3O)c2n1. The number of hydrogen-bond acceptors (Lipinski definition) is 7. The number of aliphatic hydroxyl groups is 3. The molecule has 0 bridgehead atoms. The molecule has 0 saturated carbocycles. The van der Waals surface area contributed by atoms with Gasteiger partial charge >= 0.3 is 0 Å². The molecule has 1 aliphatic rings. The summed E-state index contributed by atoms with van der Waals surface area (Å²) >= 11 is 0. The van der Waals surface area contributed by atoms with Crippen molar-refractivity contribution in [1.82, 2.24) is 14.5 Å². The summed E-state index contributed by atoms with van der Waals surface area (Å²) in [7, 11) is 0. The molecular weight excluding hydrogens is 252 g/mol. The van der Waals surface area contributed by atoms with Gasteiger partial charge in [-0.15, -0.1) is 0 Å². The molecule has 0 unspecified atom stereocenters. The van der Waals surface area contributed by atoms with Crippen LogP contribution in [0.2, 0.25) is 0 Å². The van der Waals surface area contributed by atoms with Gasteiger partial charge in [-0.1, -0.05) is 0 Å². The number of nitrogens with zero attached hydrogens (tertiary/aromatic N) is 3. The summed E-state index contributed by atoms with van der Waals surface area (Å²) < 4.78 is 7.01. The van der Waals surface area contributed by atoms with E-state index in [4.69, 9.17) is 15.6 Å². The second-order valence-corrected chi connectivity index (χ2v) is 4.46. The predicted octanol–water partition coefficient (Wildman–Crippen LogP) is -1.38. The van der Waals surface area contributed by atoms with Gasteiger partial charge in [-0.3, -0.25) is 0 Å². The Kier molecular flexibility index (Phi) is 2.86. The number of nitrogens with two attached hydrogens (primary N) is 1. The van der Waals surface area contributed by atoms with E-state index < -0.39 is 24.5 Å². The van der Waals surface area contributed by atoms with Crippen LogP contribution in [0.4, 0.5) is 5.95 Å². The Bertz CT molecular complexity index is 601. The molecule has 19 heavy (non-hydrogen) atoms. The summed E-state index contributed by atoms with van der Waals surface area (Å²) in [6.45, 7) is -0.370. The summed E-state index contributed by atoms with van der Waals surface area (Å²) in [5.74, 6) is 0.110. The van der Waals surface area contributed by atoms with Crippen molar-refractivity contribution in [2.24, 2.45) is 0 Å². The maximum Gasteiger partial charge on any atom is 0.221 e. The van der Waals surface area contributed by atoms with Gasteiger partial charge in [-0.05, 0) is 6.07 Å². The van der Waals surface area contributed by atoms with E-state index in [9.17, 15) is 10.2 Å². The topological polar surface area (TPSA) is 127 Å². The molecule has 1 aliphatic heterocycles. The molecule has 0 spiro atoms. The van der Waals surface area contributed by atoms with E-state index in [1.54, 1.807) is 23.0 Å². The third-order valence-corrected chi connectivity index (χ3v) is 3.27. The quantitative estimate of drug-likeness (QED) is 0.528. The number of aliphatic hydroxyl groups excluding tert-OH is 3. The number of aromatic nitrogens is 3. The van der Waals surface area contributed by atoms with Crippen LogP contribution in [-0.2, 0) is 4.74 Å². The van der Waals surface area contributed by atoms with Gasteiger partial charge in [0.2, 0.25) is 5.95 Å². The molecule has 3 rings (SSSR count). The van der Waals surface area contributed by atoms with E-state index in [1.807, 2.05) is 0 Å². The van der Waals surface area contributed by atoms with E-state index >= 15 is 0 Å². The highest BCUT2D eigenvalue weighted by Gasteiger charge is 2.43. The average molecular weight is 266 g/mol. The maximum absolute atomic E-state index is 9.98. The number of rotatable bonds is 2. The first-order chi connectivity index (χ1) is 9.11. The van der Waals surface area contributed by atoms with E-state index in [1.165, 1.54) is 0 Å². The van der Waals surface area contributed by atoms with E-state index in [2.05, 4.69) is 9.97 Å². The molecular formula is C11H14N4O4. The highest BCUT2D eigenvalue weighted by Crippen LogP contribution is 2.31. The van der Waals surface area contributed by atoms with Crippen LogP contribution < -0.4 is 5.73 Å². The first-order valence-electron chi connectivity index (χ1n) is 5.83. The summed E-state index contributed by atoms with van der Waals surface area (Å²) in [6, 6.07) is 1.75. The van der Waals surface area contributed by atoms with Gasteiger partial charge in [0.05, 0.1) is 6.61 Å². The number of ether oxygens (including phenoxy) is 1. The Morgan fingerprint density at radius 1 is 1.37 bits per heavy atom. The fourth-order valence-corrected chi connectivity index (χ4v) is 2.27. The van der Waals surface area contributed by atoms with Crippen LogP contribution in [0.25, 0.3) is 11.0 Å². The molecule has 0 radical (unpaired) electrons. The third kappa shape index (κ3) is 1.85. The van der Waals surface area contributed by atoms with Crippen LogP contribution in [0.15, 0.2) is 18.5 Å². The van der Waals surface area contributed by atoms with Crippen molar-refractivity contribution >= 4 is 17.0 Å². The number of hydrogen-bond donors (Lipinski definition) is 4. The Labute approximate surface area is 108 Å². The molecule has 4 atom stereocenters. The minimum Gasteiger partial charge on any atom is -0.394 e. The van der Waals surface area contributed by atoms with Crippen molar-refractivity contribution in [3.63, 3.8) is 0 Å². The minimum atomic E-state index is -1.15. The van der Waals surface area contributed by atoms with Crippen molar-refractivity contribution in [2.75, 3.05) is 12.3 Å². The second kappa shape index (κ2) is 4.42. The largest absolute Gasteiger partial charge is 0.394 e. The summed E-state index contributed by atoms with van der Waals surface area (Å²) in [6.07, 6.45) is -0.708. The highest BCUT2D eigenvalue weighted by molar-refractivity contribution is 5.76. The molecule has 3 heterocycles. The molecule has 0 amide bonds. The Morgan fingerprint density at radius 3 is 2.84 bits per heavy atom. The van der Waals surface area contributed by atoms with Crippen LogP contribution in [0.5, 0.6) is 0 Å². The molecule has 0 aliphatic carbocycles. The molecule has 1 fully saturated rings. The van der Waals surface area contributed by atoms with Gasteiger partial charge < -0.3 is 30.4 Å². The lowest BCUT2D eigenvalue weighted by atomic mass is 10.1. The monoisotopic (exact) mass is 266 g/mol. The first-order valence-corrected chi connectivity index (χ1v) is 5.83. The van der Waals surface area contributed by atoms with Gasteiger partial charge in [0, 0.05) is 17.8 Å². The summed E-state index contributed by atoms with van der Waals surface area (Å²) in [5.41, 5.74) is 6.04. The number of fused-ring (bicyclic) bond motifs is 1. The van der Waals surface area contributed by atoms with Crippen molar-refractivity contribution in [2.45, 2.75) is 24.5 Å².